The number of ketones is 1. The number of para-hydroxylation sites is 1. The Kier molecular flexibility index (Phi) is 5.72. The molecule has 27 heavy (non-hydrogen) atoms. The lowest BCUT2D eigenvalue weighted by Crippen LogP contribution is -2.41. The van der Waals surface area contributed by atoms with E-state index in [0.29, 0.717) is 5.56 Å². The van der Waals surface area contributed by atoms with Crippen molar-refractivity contribution in [2.45, 2.75) is 25.9 Å². The van der Waals surface area contributed by atoms with Gasteiger partial charge in [-0.25, -0.2) is 0 Å². The van der Waals surface area contributed by atoms with E-state index in [1.807, 2.05) is 75.5 Å². The van der Waals surface area contributed by atoms with Gasteiger partial charge in [-0.2, -0.15) is 0 Å². The number of carbonyl (C=O) groups is 2. The molecule has 1 heterocycles. The summed E-state index contributed by atoms with van der Waals surface area (Å²) in [5.74, 6) is -0.126. The first kappa shape index (κ1) is 18.9. The van der Waals surface area contributed by atoms with Crippen LogP contribution in [-0.2, 0) is 4.79 Å². The molecule has 0 spiro atoms. The lowest BCUT2D eigenvalue weighted by atomic mass is 9.96. The first-order chi connectivity index (χ1) is 13.0. The van der Waals surface area contributed by atoms with Gasteiger partial charge in [0.05, 0.1) is 12.6 Å². The molecule has 0 fully saturated rings. The molecule has 1 amide bonds. The second-order valence-electron chi connectivity index (χ2n) is 7.06. The summed E-state index contributed by atoms with van der Waals surface area (Å²) in [6.07, 6.45) is 1.75. The van der Waals surface area contributed by atoms with Gasteiger partial charge in [0.1, 0.15) is 0 Å². The number of aromatic amines is 1. The Labute approximate surface area is 159 Å². The fraction of sp³-hybridized carbons (Fsp3) is 0.273. The van der Waals surface area contributed by atoms with Crippen molar-refractivity contribution in [1.82, 2.24) is 15.2 Å². The molecule has 3 rings (SSSR count). The Morgan fingerprint density at radius 1 is 1.04 bits per heavy atom. The van der Waals surface area contributed by atoms with Gasteiger partial charge in [0.15, 0.2) is 5.78 Å². The molecule has 0 aliphatic carbocycles. The highest BCUT2D eigenvalue weighted by Gasteiger charge is 2.29. The smallest absolute Gasteiger partial charge is 0.234 e. The number of hydrogen-bond donors (Lipinski definition) is 2. The van der Waals surface area contributed by atoms with Crippen LogP contribution in [0.5, 0.6) is 0 Å². The van der Waals surface area contributed by atoms with Gasteiger partial charge in [-0.05, 0) is 32.5 Å². The Hall–Kier alpha value is -2.92. The topological polar surface area (TPSA) is 65.2 Å². The van der Waals surface area contributed by atoms with Crippen molar-refractivity contribution in [3.05, 3.63) is 71.9 Å². The number of nitrogens with zero attached hydrogens (tertiary/aromatic N) is 1. The Morgan fingerprint density at radius 2 is 1.70 bits per heavy atom. The molecule has 0 aliphatic heterocycles. The summed E-state index contributed by atoms with van der Waals surface area (Å²) in [5.41, 5.74) is 2.43. The normalized spacial score (nSPS) is 12.5. The maximum absolute atomic E-state index is 13.5. The predicted molar refractivity (Wildman–Crippen MR) is 108 cm³/mol. The summed E-state index contributed by atoms with van der Waals surface area (Å²) in [4.78, 5) is 30.7. The maximum atomic E-state index is 13.5. The molecule has 0 radical (unpaired) electrons. The highest BCUT2D eigenvalue weighted by atomic mass is 16.2. The molecule has 0 saturated heterocycles. The monoisotopic (exact) mass is 363 g/mol. The minimum absolute atomic E-state index is 0.0292. The second-order valence-corrected chi connectivity index (χ2v) is 7.06. The molecule has 2 aromatic carbocycles. The number of likely N-dealkylation sites (N-methyl/N-ethyl adjacent to an activating group) is 1. The zero-order valence-corrected chi connectivity index (χ0v) is 15.9. The summed E-state index contributed by atoms with van der Waals surface area (Å²) in [6.45, 7) is 3.99. The second kappa shape index (κ2) is 8.18. The third kappa shape index (κ3) is 4.26. The van der Waals surface area contributed by atoms with Crippen LogP contribution in [-0.4, -0.2) is 41.2 Å². The summed E-state index contributed by atoms with van der Waals surface area (Å²) in [7, 11) is 1.81. The van der Waals surface area contributed by atoms with E-state index in [4.69, 9.17) is 0 Å². The van der Waals surface area contributed by atoms with E-state index in [-0.39, 0.29) is 24.3 Å². The van der Waals surface area contributed by atoms with Crippen LogP contribution >= 0.6 is 0 Å². The number of hydrogen-bond acceptors (Lipinski definition) is 3. The number of Topliss-reactive ketones (excluding diaryl/α,β-unsaturated/α-hetero) is 1. The van der Waals surface area contributed by atoms with E-state index >= 15 is 0 Å². The molecule has 0 bridgehead atoms. The van der Waals surface area contributed by atoms with Gasteiger partial charge in [0.2, 0.25) is 5.91 Å². The number of amides is 1. The van der Waals surface area contributed by atoms with Gasteiger partial charge in [0, 0.05) is 28.7 Å². The van der Waals surface area contributed by atoms with Gasteiger partial charge in [0.25, 0.3) is 0 Å². The third-order valence-electron chi connectivity index (χ3n) is 4.50. The van der Waals surface area contributed by atoms with Crippen LogP contribution < -0.4 is 5.32 Å². The zero-order valence-electron chi connectivity index (χ0n) is 15.9. The van der Waals surface area contributed by atoms with Crippen molar-refractivity contribution in [3.63, 3.8) is 0 Å². The largest absolute Gasteiger partial charge is 0.360 e. The SMILES string of the molecule is CC(C)NC(=O)CN(C)[C@@H](C(=O)c1c[nH]c2ccccc12)c1ccccc1. The van der Waals surface area contributed by atoms with Crippen LogP contribution in [0.2, 0.25) is 0 Å². The number of fused-ring (bicyclic) bond motifs is 1. The summed E-state index contributed by atoms with van der Waals surface area (Å²) >= 11 is 0. The third-order valence-corrected chi connectivity index (χ3v) is 4.50. The molecule has 140 valence electrons. The molecule has 3 aromatic rings. The van der Waals surface area contributed by atoms with E-state index in [9.17, 15) is 9.59 Å². The molecule has 0 unspecified atom stereocenters. The van der Waals surface area contributed by atoms with Crippen molar-refractivity contribution in [2.75, 3.05) is 13.6 Å². The summed E-state index contributed by atoms with van der Waals surface area (Å²) < 4.78 is 0. The van der Waals surface area contributed by atoms with E-state index in [1.165, 1.54) is 0 Å². The fourth-order valence-electron chi connectivity index (χ4n) is 3.35. The Balaban J connectivity index is 1.95. The highest BCUT2D eigenvalue weighted by molar-refractivity contribution is 6.10. The van der Waals surface area contributed by atoms with Crippen molar-refractivity contribution in [1.29, 1.82) is 0 Å². The first-order valence-electron chi connectivity index (χ1n) is 9.12. The summed E-state index contributed by atoms with van der Waals surface area (Å²) in [6, 6.07) is 16.9. The Bertz CT molecular complexity index is 931. The summed E-state index contributed by atoms with van der Waals surface area (Å²) in [5, 5.41) is 3.78. The quantitative estimate of drug-likeness (QED) is 0.631. The average molecular weight is 363 g/mol. The van der Waals surface area contributed by atoms with Crippen LogP contribution in [0, 0.1) is 0 Å². The standard InChI is InChI=1S/C22H25N3O2/c1-15(2)24-20(26)14-25(3)21(16-9-5-4-6-10-16)22(27)18-13-23-19-12-8-7-11-17(18)19/h4-13,15,21,23H,14H2,1-3H3,(H,24,26)/t21-/m1/s1. The van der Waals surface area contributed by atoms with Gasteiger partial charge in [-0.15, -0.1) is 0 Å². The highest BCUT2D eigenvalue weighted by Crippen LogP contribution is 2.28. The molecule has 2 N–H and O–H groups in total. The molecule has 1 atom stereocenters. The van der Waals surface area contributed by atoms with Crippen molar-refractivity contribution in [3.8, 4) is 0 Å². The number of H-pyrrole nitrogens is 1. The van der Waals surface area contributed by atoms with Crippen LogP contribution in [0.1, 0.15) is 35.8 Å². The minimum atomic E-state index is -0.539. The molecule has 0 aliphatic rings. The Morgan fingerprint density at radius 3 is 2.41 bits per heavy atom. The van der Waals surface area contributed by atoms with Crippen LogP contribution in [0.3, 0.4) is 0 Å². The van der Waals surface area contributed by atoms with Crippen molar-refractivity contribution < 1.29 is 9.59 Å². The number of nitrogens with one attached hydrogen (secondary N) is 2. The van der Waals surface area contributed by atoms with E-state index in [1.54, 1.807) is 11.1 Å². The molecule has 1 aromatic heterocycles. The lowest BCUT2D eigenvalue weighted by molar-refractivity contribution is -0.122. The van der Waals surface area contributed by atoms with Crippen molar-refractivity contribution in [2.24, 2.45) is 0 Å². The van der Waals surface area contributed by atoms with Crippen LogP contribution in [0.25, 0.3) is 10.9 Å². The van der Waals surface area contributed by atoms with Gasteiger partial charge in [-0.1, -0.05) is 48.5 Å². The van der Waals surface area contributed by atoms with Crippen LogP contribution in [0.15, 0.2) is 60.8 Å². The lowest BCUT2D eigenvalue weighted by Gasteiger charge is -2.27. The van der Waals surface area contributed by atoms with Gasteiger partial charge in [-0.3, -0.25) is 14.5 Å². The molecule has 0 saturated carbocycles. The van der Waals surface area contributed by atoms with E-state index in [2.05, 4.69) is 10.3 Å². The van der Waals surface area contributed by atoms with Crippen LogP contribution in [0.4, 0.5) is 0 Å². The van der Waals surface area contributed by atoms with E-state index < -0.39 is 6.04 Å². The fourth-order valence-corrected chi connectivity index (χ4v) is 3.35. The first-order valence-corrected chi connectivity index (χ1v) is 9.12. The predicted octanol–water partition coefficient (Wildman–Crippen LogP) is 3.55. The van der Waals surface area contributed by atoms with Gasteiger partial charge < -0.3 is 10.3 Å². The molecular weight excluding hydrogens is 338 g/mol. The molecule has 5 heteroatoms. The maximum Gasteiger partial charge on any atom is 0.234 e. The van der Waals surface area contributed by atoms with E-state index in [0.717, 1.165) is 16.5 Å². The van der Waals surface area contributed by atoms with Gasteiger partial charge >= 0.3 is 0 Å². The molecule has 5 nitrogen and oxygen atoms in total. The average Bonchev–Trinajstić information content (AvgIpc) is 3.06. The number of rotatable bonds is 7. The minimum Gasteiger partial charge on any atom is -0.360 e. The van der Waals surface area contributed by atoms with Crippen molar-refractivity contribution >= 4 is 22.6 Å². The number of benzene rings is 2. The number of carbonyl (C=O) groups excluding carboxylic acids is 2. The number of aromatic nitrogens is 1. The molecular formula is C22H25N3O2. The zero-order chi connectivity index (χ0) is 19.4.